The normalized spacial score (nSPS) is 15.2. The summed E-state index contributed by atoms with van der Waals surface area (Å²) in [7, 11) is 0. The van der Waals surface area contributed by atoms with Crippen LogP contribution in [0.2, 0.25) is 5.02 Å². The van der Waals surface area contributed by atoms with E-state index >= 15 is 0 Å². The van der Waals surface area contributed by atoms with Gasteiger partial charge in [-0.1, -0.05) is 17.7 Å². The number of hydrogen-bond acceptors (Lipinski definition) is 5. The number of pyridine rings is 1. The monoisotopic (exact) mass is 342 g/mol. The topological polar surface area (TPSA) is 62.7 Å². The van der Waals surface area contributed by atoms with E-state index in [1.807, 2.05) is 31.3 Å². The highest BCUT2D eigenvalue weighted by atomic mass is 35.5. The van der Waals surface area contributed by atoms with Crippen molar-refractivity contribution in [2.45, 2.75) is 6.92 Å². The van der Waals surface area contributed by atoms with Gasteiger partial charge in [-0.25, -0.2) is 4.52 Å². The fourth-order valence-corrected chi connectivity index (χ4v) is 3.40. The van der Waals surface area contributed by atoms with Gasteiger partial charge in [0.2, 0.25) is 5.95 Å². The van der Waals surface area contributed by atoms with Crippen molar-refractivity contribution < 1.29 is 0 Å². The summed E-state index contributed by atoms with van der Waals surface area (Å²) in [5, 5.41) is 5.01. The van der Waals surface area contributed by atoms with Crippen LogP contribution in [0.15, 0.2) is 36.5 Å². The van der Waals surface area contributed by atoms with Crippen molar-refractivity contribution in [2.24, 2.45) is 0 Å². The van der Waals surface area contributed by atoms with Gasteiger partial charge in [0, 0.05) is 36.9 Å². The van der Waals surface area contributed by atoms with Crippen LogP contribution in [-0.4, -0.2) is 40.8 Å². The van der Waals surface area contributed by atoms with Crippen LogP contribution >= 0.6 is 11.6 Å². The number of halogens is 1. The lowest BCUT2D eigenvalue weighted by Gasteiger charge is -2.37. The van der Waals surface area contributed by atoms with Crippen LogP contribution in [0.1, 0.15) is 5.56 Å². The molecule has 0 bridgehead atoms. The van der Waals surface area contributed by atoms with Crippen LogP contribution in [0.4, 0.5) is 17.3 Å². The molecule has 4 rings (SSSR count). The van der Waals surface area contributed by atoms with Crippen molar-refractivity contribution in [3.63, 3.8) is 0 Å². The van der Waals surface area contributed by atoms with E-state index in [1.165, 1.54) is 5.69 Å². The zero-order valence-corrected chi connectivity index (χ0v) is 14.2. The first-order valence-electron chi connectivity index (χ1n) is 7.98. The van der Waals surface area contributed by atoms with E-state index in [9.17, 15) is 0 Å². The number of rotatable bonds is 2. The van der Waals surface area contributed by atoms with Crippen molar-refractivity contribution in [3.8, 4) is 0 Å². The highest BCUT2D eigenvalue weighted by molar-refractivity contribution is 6.30. The highest BCUT2D eigenvalue weighted by Crippen LogP contribution is 2.24. The number of hydrogen-bond donors (Lipinski definition) is 1. The Labute approximate surface area is 145 Å². The Kier molecular flexibility index (Phi) is 3.69. The van der Waals surface area contributed by atoms with Crippen LogP contribution in [0.25, 0.3) is 5.65 Å². The molecule has 6 nitrogen and oxygen atoms in total. The van der Waals surface area contributed by atoms with Gasteiger partial charge < -0.3 is 15.5 Å². The molecule has 0 saturated carbocycles. The van der Waals surface area contributed by atoms with Crippen LogP contribution in [-0.2, 0) is 0 Å². The molecule has 1 aliphatic rings. The number of nitrogen functional groups attached to an aromatic ring is 1. The SMILES string of the molecule is Cc1cc(N2CCN(c3cccc(Cl)c3)CC2)cn2nc(N)nc12. The van der Waals surface area contributed by atoms with E-state index in [4.69, 9.17) is 17.3 Å². The van der Waals surface area contributed by atoms with Crippen molar-refractivity contribution in [1.82, 2.24) is 14.6 Å². The van der Waals surface area contributed by atoms with Gasteiger partial charge in [-0.05, 0) is 36.8 Å². The van der Waals surface area contributed by atoms with E-state index in [1.54, 1.807) is 4.52 Å². The third kappa shape index (κ3) is 2.73. The summed E-state index contributed by atoms with van der Waals surface area (Å²) in [6.45, 7) is 5.84. The molecule has 0 spiro atoms. The van der Waals surface area contributed by atoms with Gasteiger partial charge in [0.25, 0.3) is 0 Å². The number of benzene rings is 1. The molecule has 1 fully saturated rings. The number of nitrogens with two attached hydrogens (primary N) is 1. The summed E-state index contributed by atoms with van der Waals surface area (Å²) in [5.41, 5.74) is 9.93. The molecule has 1 aromatic carbocycles. The van der Waals surface area contributed by atoms with Gasteiger partial charge >= 0.3 is 0 Å². The molecule has 0 aliphatic carbocycles. The summed E-state index contributed by atoms with van der Waals surface area (Å²) in [6, 6.07) is 10.2. The number of piperazine rings is 1. The molecule has 124 valence electrons. The number of nitrogens with zero attached hydrogens (tertiary/aromatic N) is 5. The van der Waals surface area contributed by atoms with Crippen molar-refractivity contribution in [3.05, 3.63) is 47.1 Å². The first kappa shape index (κ1) is 15.1. The lowest BCUT2D eigenvalue weighted by Crippen LogP contribution is -2.46. The molecule has 1 saturated heterocycles. The predicted octanol–water partition coefficient (Wildman–Crippen LogP) is 2.60. The molecule has 3 heterocycles. The number of fused-ring (bicyclic) bond motifs is 1. The van der Waals surface area contributed by atoms with Gasteiger partial charge in [-0.15, -0.1) is 5.10 Å². The Morgan fingerprint density at radius 1 is 1.04 bits per heavy atom. The minimum Gasteiger partial charge on any atom is -0.368 e. The smallest absolute Gasteiger partial charge is 0.240 e. The molecule has 2 aromatic heterocycles. The molecule has 24 heavy (non-hydrogen) atoms. The van der Waals surface area contributed by atoms with Crippen LogP contribution in [0.3, 0.4) is 0 Å². The standard InChI is InChI=1S/C17H19ClN6/c1-12-9-15(11-24-16(12)20-17(19)21-24)23-7-5-22(6-8-23)14-4-2-3-13(18)10-14/h2-4,9-11H,5-8H2,1H3,(H2,19,21). The van der Waals surface area contributed by atoms with E-state index in [-0.39, 0.29) is 0 Å². The minimum absolute atomic E-state index is 0.307. The first-order valence-corrected chi connectivity index (χ1v) is 8.36. The molecule has 0 unspecified atom stereocenters. The molecular formula is C17H19ClN6. The quantitative estimate of drug-likeness (QED) is 0.775. The molecular weight excluding hydrogens is 324 g/mol. The third-order valence-electron chi connectivity index (χ3n) is 4.44. The molecule has 2 N–H and O–H groups in total. The second kappa shape index (κ2) is 5.87. The Morgan fingerprint density at radius 2 is 1.75 bits per heavy atom. The highest BCUT2D eigenvalue weighted by Gasteiger charge is 2.19. The Hall–Kier alpha value is -2.47. The maximum Gasteiger partial charge on any atom is 0.240 e. The summed E-state index contributed by atoms with van der Waals surface area (Å²) >= 11 is 6.10. The van der Waals surface area contributed by atoms with Gasteiger partial charge in [-0.2, -0.15) is 4.98 Å². The average Bonchev–Trinajstić information content (AvgIpc) is 2.96. The molecule has 1 aliphatic heterocycles. The predicted molar refractivity (Wildman–Crippen MR) is 98.0 cm³/mol. The number of aromatic nitrogens is 3. The number of anilines is 3. The van der Waals surface area contributed by atoms with Crippen molar-refractivity contribution in [2.75, 3.05) is 41.7 Å². The fraction of sp³-hybridized carbons (Fsp3) is 0.294. The fourth-order valence-electron chi connectivity index (χ4n) is 3.22. The van der Waals surface area contributed by atoms with Crippen LogP contribution < -0.4 is 15.5 Å². The summed E-state index contributed by atoms with van der Waals surface area (Å²) in [5.74, 6) is 0.307. The minimum atomic E-state index is 0.307. The Bertz CT molecular complexity index is 882. The molecule has 0 atom stereocenters. The lowest BCUT2D eigenvalue weighted by molar-refractivity contribution is 0.651. The van der Waals surface area contributed by atoms with Gasteiger partial charge in [-0.3, -0.25) is 0 Å². The second-order valence-electron chi connectivity index (χ2n) is 6.07. The van der Waals surface area contributed by atoms with E-state index in [2.05, 4.69) is 32.0 Å². The molecule has 3 aromatic rings. The maximum atomic E-state index is 6.10. The van der Waals surface area contributed by atoms with Crippen LogP contribution in [0, 0.1) is 6.92 Å². The lowest BCUT2D eigenvalue weighted by atomic mass is 10.2. The second-order valence-corrected chi connectivity index (χ2v) is 6.51. The summed E-state index contributed by atoms with van der Waals surface area (Å²) in [4.78, 5) is 8.98. The Morgan fingerprint density at radius 3 is 2.46 bits per heavy atom. The average molecular weight is 343 g/mol. The zero-order chi connectivity index (χ0) is 16.7. The summed E-state index contributed by atoms with van der Waals surface area (Å²) in [6.07, 6.45) is 2.00. The Balaban J connectivity index is 1.53. The van der Waals surface area contributed by atoms with Gasteiger partial charge in [0.05, 0.1) is 11.9 Å². The van der Waals surface area contributed by atoms with Crippen molar-refractivity contribution >= 4 is 34.6 Å². The largest absolute Gasteiger partial charge is 0.368 e. The molecule has 7 heteroatoms. The van der Waals surface area contributed by atoms with E-state index in [0.29, 0.717) is 5.95 Å². The third-order valence-corrected chi connectivity index (χ3v) is 4.67. The first-order chi connectivity index (χ1) is 11.6. The van der Waals surface area contributed by atoms with Crippen LogP contribution in [0.5, 0.6) is 0 Å². The molecule has 0 radical (unpaired) electrons. The van der Waals surface area contributed by atoms with Crippen molar-refractivity contribution in [1.29, 1.82) is 0 Å². The van der Waals surface area contributed by atoms with E-state index in [0.717, 1.165) is 48.1 Å². The van der Waals surface area contributed by atoms with Gasteiger partial charge in [0.1, 0.15) is 0 Å². The zero-order valence-electron chi connectivity index (χ0n) is 13.5. The molecule has 0 amide bonds. The van der Waals surface area contributed by atoms with E-state index < -0.39 is 0 Å². The number of aryl methyl sites for hydroxylation is 1. The van der Waals surface area contributed by atoms with Gasteiger partial charge in [0.15, 0.2) is 5.65 Å². The maximum absolute atomic E-state index is 6.10. The summed E-state index contributed by atoms with van der Waals surface area (Å²) < 4.78 is 1.77.